The molecular formula is C24H33NO5. The van der Waals surface area contributed by atoms with E-state index in [-0.39, 0.29) is 46.5 Å². The number of aliphatic hydroxyl groups is 3. The SMILES string of the molecule is C[C@]12CC[C@H](O)C[C@H]1CC[C@@H]1[C@@H]2C(=O)[C@@H](O)[C@]2(C)[C@@H](c3ccc(=O)[nH]c3)CC[C@]12O. The lowest BCUT2D eigenvalue weighted by Gasteiger charge is -2.63. The molecule has 0 amide bonds. The van der Waals surface area contributed by atoms with Gasteiger partial charge in [-0.3, -0.25) is 9.59 Å². The van der Waals surface area contributed by atoms with Crippen molar-refractivity contribution in [2.45, 2.75) is 82.5 Å². The Balaban J connectivity index is 1.58. The molecule has 0 aliphatic heterocycles. The molecule has 1 heterocycles. The zero-order valence-corrected chi connectivity index (χ0v) is 17.8. The molecular weight excluding hydrogens is 382 g/mol. The van der Waals surface area contributed by atoms with Gasteiger partial charge >= 0.3 is 0 Å². The number of hydrogen-bond acceptors (Lipinski definition) is 5. The summed E-state index contributed by atoms with van der Waals surface area (Å²) in [6.45, 7) is 4.01. The van der Waals surface area contributed by atoms with Gasteiger partial charge < -0.3 is 20.3 Å². The fourth-order valence-electron chi connectivity index (χ4n) is 8.16. The minimum Gasteiger partial charge on any atom is -0.393 e. The molecule has 1 aromatic heterocycles. The van der Waals surface area contributed by atoms with Crippen molar-refractivity contribution < 1.29 is 20.1 Å². The van der Waals surface area contributed by atoms with Gasteiger partial charge in [0, 0.05) is 23.6 Å². The monoisotopic (exact) mass is 415 g/mol. The number of hydrogen-bond donors (Lipinski definition) is 4. The van der Waals surface area contributed by atoms with Crippen LogP contribution < -0.4 is 5.56 Å². The van der Waals surface area contributed by atoms with Gasteiger partial charge in [-0.2, -0.15) is 0 Å². The maximum atomic E-state index is 13.7. The third kappa shape index (κ3) is 2.41. The van der Waals surface area contributed by atoms with Crippen molar-refractivity contribution in [3.63, 3.8) is 0 Å². The number of aromatic amines is 1. The van der Waals surface area contributed by atoms with E-state index in [1.54, 1.807) is 12.3 Å². The predicted molar refractivity (Wildman–Crippen MR) is 111 cm³/mol. The summed E-state index contributed by atoms with van der Waals surface area (Å²) in [5, 5.41) is 33.8. The largest absolute Gasteiger partial charge is 0.393 e. The van der Waals surface area contributed by atoms with E-state index < -0.39 is 17.1 Å². The molecule has 4 aliphatic rings. The molecule has 1 aromatic rings. The average Bonchev–Trinajstić information content (AvgIpc) is 3.00. The van der Waals surface area contributed by atoms with E-state index >= 15 is 0 Å². The molecule has 0 radical (unpaired) electrons. The highest BCUT2D eigenvalue weighted by molar-refractivity contribution is 5.89. The first-order valence-corrected chi connectivity index (χ1v) is 11.4. The Bertz CT molecular complexity index is 908. The van der Waals surface area contributed by atoms with Crippen molar-refractivity contribution in [3.8, 4) is 0 Å². The second-order valence-electron chi connectivity index (χ2n) is 10.9. The first kappa shape index (κ1) is 20.4. The summed E-state index contributed by atoms with van der Waals surface area (Å²) in [6.07, 6.45) is 5.11. The molecule has 164 valence electrons. The van der Waals surface area contributed by atoms with Crippen LogP contribution in [0.15, 0.2) is 23.1 Å². The van der Waals surface area contributed by atoms with Gasteiger partial charge in [0.2, 0.25) is 5.56 Å². The highest BCUT2D eigenvalue weighted by Gasteiger charge is 2.73. The summed E-state index contributed by atoms with van der Waals surface area (Å²) < 4.78 is 0. The van der Waals surface area contributed by atoms with E-state index in [2.05, 4.69) is 11.9 Å². The predicted octanol–water partition coefficient (Wildman–Crippen LogP) is 2.13. The molecule has 0 aromatic carbocycles. The van der Waals surface area contributed by atoms with E-state index in [4.69, 9.17) is 0 Å². The number of rotatable bonds is 1. The lowest BCUT2D eigenvalue weighted by atomic mass is 9.42. The number of ketones is 1. The van der Waals surface area contributed by atoms with Crippen LogP contribution in [-0.4, -0.2) is 43.9 Å². The number of carbonyl (C=O) groups excluding carboxylic acids is 1. The first-order chi connectivity index (χ1) is 14.1. The van der Waals surface area contributed by atoms with Crippen LogP contribution in [0.4, 0.5) is 0 Å². The van der Waals surface area contributed by atoms with Crippen molar-refractivity contribution in [1.29, 1.82) is 0 Å². The van der Waals surface area contributed by atoms with Crippen molar-refractivity contribution >= 4 is 5.78 Å². The Morgan fingerprint density at radius 2 is 1.80 bits per heavy atom. The van der Waals surface area contributed by atoms with E-state index in [0.29, 0.717) is 25.7 Å². The molecule has 6 nitrogen and oxygen atoms in total. The summed E-state index contributed by atoms with van der Waals surface area (Å²) >= 11 is 0. The van der Waals surface area contributed by atoms with Gasteiger partial charge in [-0.05, 0) is 73.7 Å². The number of nitrogens with one attached hydrogen (secondary N) is 1. The van der Waals surface area contributed by atoms with Crippen molar-refractivity contribution in [2.75, 3.05) is 0 Å². The molecule has 0 spiro atoms. The van der Waals surface area contributed by atoms with Crippen LogP contribution in [0.2, 0.25) is 0 Å². The summed E-state index contributed by atoms with van der Waals surface area (Å²) in [4.78, 5) is 28.0. The van der Waals surface area contributed by atoms with Crippen LogP contribution in [0.3, 0.4) is 0 Å². The number of aromatic nitrogens is 1. The zero-order chi connectivity index (χ0) is 21.5. The number of aliphatic hydroxyl groups excluding tert-OH is 2. The number of H-pyrrole nitrogens is 1. The van der Waals surface area contributed by atoms with Gasteiger partial charge in [0.05, 0.1) is 11.7 Å². The van der Waals surface area contributed by atoms with Crippen molar-refractivity contribution in [3.05, 3.63) is 34.2 Å². The molecule has 4 N–H and O–H groups in total. The standard InChI is InChI=1S/C24H33NO5/c1-22-9-7-15(26)11-14(22)4-5-17-19(22)20(28)21(29)23(2)16(8-10-24(17,23)30)13-3-6-18(27)25-12-13/h3,6,12,14-17,19,21,26,29-30H,4-5,7-11H2,1-2H3,(H,25,27)/t14-,15+,16-,17-,19-,21-,22+,23+,24+/m1/s1. The maximum Gasteiger partial charge on any atom is 0.247 e. The van der Waals surface area contributed by atoms with Crippen LogP contribution in [0.25, 0.3) is 0 Å². The van der Waals surface area contributed by atoms with Crippen LogP contribution in [-0.2, 0) is 4.79 Å². The highest BCUT2D eigenvalue weighted by atomic mass is 16.3. The quantitative estimate of drug-likeness (QED) is 0.562. The average molecular weight is 416 g/mol. The highest BCUT2D eigenvalue weighted by Crippen LogP contribution is 2.69. The van der Waals surface area contributed by atoms with Gasteiger partial charge in [0.15, 0.2) is 5.78 Å². The maximum absolute atomic E-state index is 13.7. The van der Waals surface area contributed by atoms with Crippen LogP contribution in [0.5, 0.6) is 0 Å². The van der Waals surface area contributed by atoms with Gasteiger partial charge in [0.25, 0.3) is 0 Å². The van der Waals surface area contributed by atoms with Gasteiger partial charge in [-0.1, -0.05) is 19.9 Å². The number of Topliss-reactive ketones (excluding diaryl/α,β-unsaturated/α-hetero) is 1. The molecule has 30 heavy (non-hydrogen) atoms. The molecule has 4 saturated carbocycles. The third-order valence-corrected chi connectivity index (χ3v) is 9.88. The third-order valence-electron chi connectivity index (χ3n) is 9.88. The lowest BCUT2D eigenvalue weighted by Crippen LogP contribution is -2.70. The van der Waals surface area contributed by atoms with Gasteiger partial charge in [-0.15, -0.1) is 0 Å². The Kier molecular flexibility index (Phi) is 4.42. The molecule has 6 heteroatoms. The van der Waals surface area contributed by atoms with Crippen LogP contribution in [0.1, 0.15) is 70.3 Å². The van der Waals surface area contributed by atoms with Crippen LogP contribution in [0, 0.1) is 28.6 Å². The van der Waals surface area contributed by atoms with Gasteiger partial charge in [-0.25, -0.2) is 0 Å². The number of carbonyl (C=O) groups is 1. The smallest absolute Gasteiger partial charge is 0.247 e. The fraction of sp³-hybridized carbons (Fsp3) is 0.750. The second-order valence-corrected chi connectivity index (χ2v) is 10.9. The zero-order valence-electron chi connectivity index (χ0n) is 17.8. The summed E-state index contributed by atoms with van der Waals surface area (Å²) in [6, 6.07) is 3.22. The Morgan fingerprint density at radius 3 is 2.50 bits per heavy atom. The summed E-state index contributed by atoms with van der Waals surface area (Å²) in [5.41, 5.74) is -1.73. The second kappa shape index (κ2) is 6.50. The van der Waals surface area contributed by atoms with E-state index in [0.717, 1.165) is 24.8 Å². The lowest BCUT2D eigenvalue weighted by molar-refractivity contribution is -0.230. The molecule has 9 atom stereocenters. The summed E-state index contributed by atoms with van der Waals surface area (Å²) in [5.74, 6) is -0.623. The fourth-order valence-corrected chi connectivity index (χ4v) is 8.16. The normalized spacial score (nSPS) is 50.5. The van der Waals surface area contributed by atoms with Crippen molar-refractivity contribution in [2.24, 2.45) is 28.6 Å². The molecule has 4 aliphatic carbocycles. The van der Waals surface area contributed by atoms with Crippen molar-refractivity contribution in [1.82, 2.24) is 4.98 Å². The molecule has 0 unspecified atom stereocenters. The van der Waals surface area contributed by atoms with E-state index in [9.17, 15) is 24.9 Å². The van der Waals surface area contributed by atoms with Crippen LogP contribution >= 0.6 is 0 Å². The minimum absolute atomic E-state index is 0.132. The van der Waals surface area contributed by atoms with E-state index in [1.807, 2.05) is 6.92 Å². The number of fused-ring (bicyclic) bond motifs is 5. The molecule has 5 rings (SSSR count). The number of pyridine rings is 1. The molecule has 0 bridgehead atoms. The first-order valence-electron chi connectivity index (χ1n) is 11.4. The Labute approximate surface area is 176 Å². The molecule has 4 fully saturated rings. The minimum atomic E-state index is -1.24. The summed E-state index contributed by atoms with van der Waals surface area (Å²) in [7, 11) is 0. The Morgan fingerprint density at radius 1 is 1.03 bits per heavy atom. The topological polar surface area (TPSA) is 111 Å². The van der Waals surface area contributed by atoms with E-state index in [1.165, 1.54) is 6.07 Å². The van der Waals surface area contributed by atoms with Gasteiger partial charge in [0.1, 0.15) is 6.10 Å². The Hall–Kier alpha value is -1.50. The molecule has 0 saturated heterocycles.